The van der Waals surface area contributed by atoms with E-state index in [-0.39, 0.29) is 24.0 Å². The van der Waals surface area contributed by atoms with Crippen molar-refractivity contribution in [1.29, 1.82) is 0 Å². The van der Waals surface area contributed by atoms with Crippen molar-refractivity contribution in [3.8, 4) is 0 Å². The summed E-state index contributed by atoms with van der Waals surface area (Å²) in [6, 6.07) is 10.3. The van der Waals surface area contributed by atoms with Crippen molar-refractivity contribution in [3.05, 3.63) is 69.7 Å². The van der Waals surface area contributed by atoms with Crippen molar-refractivity contribution in [3.63, 3.8) is 0 Å². The molecule has 1 heterocycles. The van der Waals surface area contributed by atoms with E-state index in [2.05, 4.69) is 26.1 Å². The molecule has 1 N–H and O–H groups in total. The van der Waals surface area contributed by atoms with E-state index in [9.17, 15) is 13.6 Å². The molecule has 1 saturated heterocycles. The van der Waals surface area contributed by atoms with E-state index in [1.165, 1.54) is 30.3 Å². The number of carbonyl (C=O) groups is 1. The topological polar surface area (TPSA) is 41.6 Å². The number of ether oxygens (including phenoxy) is 1. The lowest BCUT2D eigenvalue weighted by Gasteiger charge is -2.35. The number of hydrogen-bond acceptors (Lipinski definition) is 3. The summed E-state index contributed by atoms with van der Waals surface area (Å²) in [4.78, 5) is 14.5. The standard InChI is InChI=1S/C19H19BrF2N2O2/c20-14-4-5-17(22)16(11-14)19(25)23-12-18(24-6-8-26-9-7-24)13-2-1-3-15(21)10-13/h1-5,10-11,18H,6-9,12H2,(H,23,25). The Hall–Kier alpha value is -1.83. The van der Waals surface area contributed by atoms with Gasteiger partial charge in [-0.15, -0.1) is 0 Å². The van der Waals surface area contributed by atoms with Gasteiger partial charge in [-0.2, -0.15) is 0 Å². The first kappa shape index (κ1) is 18.9. The normalized spacial score (nSPS) is 16.3. The number of nitrogens with zero attached hydrogens (tertiary/aromatic N) is 1. The Balaban J connectivity index is 1.77. The van der Waals surface area contributed by atoms with Gasteiger partial charge >= 0.3 is 0 Å². The lowest BCUT2D eigenvalue weighted by Crippen LogP contribution is -2.44. The second-order valence-corrected chi connectivity index (χ2v) is 6.97. The monoisotopic (exact) mass is 424 g/mol. The summed E-state index contributed by atoms with van der Waals surface area (Å²) in [5, 5.41) is 2.78. The zero-order chi connectivity index (χ0) is 18.5. The zero-order valence-corrected chi connectivity index (χ0v) is 15.6. The van der Waals surface area contributed by atoms with E-state index in [4.69, 9.17) is 4.74 Å². The molecule has 1 aliphatic heterocycles. The van der Waals surface area contributed by atoms with Gasteiger partial charge in [-0.25, -0.2) is 8.78 Å². The first-order valence-electron chi connectivity index (χ1n) is 8.35. The summed E-state index contributed by atoms with van der Waals surface area (Å²) in [6.45, 7) is 2.78. The average Bonchev–Trinajstić information content (AvgIpc) is 2.65. The number of nitrogens with one attached hydrogen (secondary N) is 1. The SMILES string of the molecule is O=C(NCC(c1cccc(F)c1)N1CCOCC1)c1cc(Br)ccc1F. The van der Waals surface area contributed by atoms with Gasteiger partial charge in [0.05, 0.1) is 24.8 Å². The van der Waals surface area contributed by atoms with Gasteiger partial charge in [0.2, 0.25) is 0 Å². The molecule has 1 atom stereocenters. The highest BCUT2D eigenvalue weighted by Gasteiger charge is 2.24. The van der Waals surface area contributed by atoms with E-state index in [0.717, 1.165) is 5.56 Å². The Morgan fingerprint density at radius 3 is 2.69 bits per heavy atom. The molecule has 26 heavy (non-hydrogen) atoms. The maximum absolute atomic E-state index is 13.9. The van der Waals surface area contributed by atoms with Gasteiger partial charge in [0.1, 0.15) is 11.6 Å². The van der Waals surface area contributed by atoms with E-state index < -0.39 is 11.7 Å². The number of carbonyl (C=O) groups excluding carboxylic acids is 1. The molecule has 1 unspecified atom stereocenters. The van der Waals surface area contributed by atoms with Crippen LogP contribution in [0.25, 0.3) is 0 Å². The third-order valence-electron chi connectivity index (χ3n) is 4.35. The number of rotatable bonds is 5. The predicted octanol–water partition coefficient (Wildman–Crippen LogP) is 3.53. The summed E-state index contributed by atoms with van der Waals surface area (Å²) < 4.78 is 33.6. The summed E-state index contributed by atoms with van der Waals surface area (Å²) in [5.74, 6) is -1.41. The first-order chi connectivity index (χ1) is 12.5. The number of benzene rings is 2. The van der Waals surface area contributed by atoms with Crippen LogP contribution in [0, 0.1) is 11.6 Å². The van der Waals surface area contributed by atoms with Crippen LogP contribution in [-0.2, 0) is 4.74 Å². The third kappa shape index (κ3) is 4.66. The van der Waals surface area contributed by atoms with Gasteiger partial charge < -0.3 is 10.1 Å². The molecule has 0 radical (unpaired) electrons. The molecule has 3 rings (SSSR count). The van der Waals surface area contributed by atoms with Crippen molar-refractivity contribution in [2.24, 2.45) is 0 Å². The van der Waals surface area contributed by atoms with Gasteiger partial charge in [-0.05, 0) is 35.9 Å². The Bertz CT molecular complexity index is 782. The fourth-order valence-electron chi connectivity index (χ4n) is 3.02. The number of halogens is 3. The quantitative estimate of drug-likeness (QED) is 0.797. The molecular formula is C19H19BrF2N2O2. The van der Waals surface area contributed by atoms with Crippen LogP contribution in [0.5, 0.6) is 0 Å². The third-order valence-corrected chi connectivity index (χ3v) is 4.84. The van der Waals surface area contributed by atoms with Crippen LogP contribution in [0.4, 0.5) is 8.78 Å². The predicted molar refractivity (Wildman–Crippen MR) is 98.0 cm³/mol. The van der Waals surface area contributed by atoms with Crippen molar-refractivity contribution < 1.29 is 18.3 Å². The molecule has 0 aliphatic carbocycles. The van der Waals surface area contributed by atoms with E-state index in [1.807, 2.05) is 6.07 Å². The maximum atomic E-state index is 13.9. The van der Waals surface area contributed by atoms with Gasteiger partial charge in [-0.3, -0.25) is 9.69 Å². The summed E-state index contributed by atoms with van der Waals surface area (Å²) in [7, 11) is 0. The molecule has 0 bridgehead atoms. The fraction of sp³-hybridized carbons (Fsp3) is 0.316. The molecule has 1 aliphatic rings. The lowest BCUT2D eigenvalue weighted by atomic mass is 10.0. The van der Waals surface area contributed by atoms with Crippen LogP contribution in [0.3, 0.4) is 0 Å². The highest BCUT2D eigenvalue weighted by Crippen LogP contribution is 2.22. The van der Waals surface area contributed by atoms with Gasteiger partial charge in [0.15, 0.2) is 0 Å². The molecule has 138 valence electrons. The molecule has 0 aromatic heterocycles. The van der Waals surface area contributed by atoms with Crippen LogP contribution < -0.4 is 5.32 Å². The maximum Gasteiger partial charge on any atom is 0.254 e. The van der Waals surface area contributed by atoms with Gasteiger partial charge in [-0.1, -0.05) is 28.1 Å². The molecule has 1 fully saturated rings. The van der Waals surface area contributed by atoms with Crippen LogP contribution in [0.2, 0.25) is 0 Å². The lowest BCUT2D eigenvalue weighted by molar-refractivity contribution is 0.0161. The Morgan fingerprint density at radius 1 is 1.19 bits per heavy atom. The first-order valence-corrected chi connectivity index (χ1v) is 9.14. The summed E-state index contributed by atoms with van der Waals surface area (Å²) in [6.07, 6.45) is 0. The van der Waals surface area contributed by atoms with Gasteiger partial charge in [0, 0.05) is 24.1 Å². The minimum atomic E-state index is -0.584. The van der Waals surface area contributed by atoms with Crippen molar-refractivity contribution in [1.82, 2.24) is 10.2 Å². The zero-order valence-electron chi connectivity index (χ0n) is 14.1. The van der Waals surface area contributed by atoms with Gasteiger partial charge in [0.25, 0.3) is 5.91 Å². The number of hydrogen-bond donors (Lipinski definition) is 1. The van der Waals surface area contributed by atoms with E-state index in [0.29, 0.717) is 30.8 Å². The van der Waals surface area contributed by atoms with Crippen molar-refractivity contribution >= 4 is 21.8 Å². The highest BCUT2D eigenvalue weighted by molar-refractivity contribution is 9.10. The fourth-order valence-corrected chi connectivity index (χ4v) is 3.38. The second kappa shape index (κ2) is 8.70. The molecular weight excluding hydrogens is 406 g/mol. The van der Waals surface area contributed by atoms with Crippen LogP contribution >= 0.6 is 15.9 Å². The Kier molecular flexibility index (Phi) is 6.34. The minimum Gasteiger partial charge on any atom is -0.379 e. The van der Waals surface area contributed by atoms with Crippen LogP contribution in [-0.4, -0.2) is 43.7 Å². The minimum absolute atomic E-state index is 0.0284. The largest absolute Gasteiger partial charge is 0.379 e. The van der Waals surface area contributed by atoms with E-state index in [1.54, 1.807) is 6.07 Å². The van der Waals surface area contributed by atoms with E-state index >= 15 is 0 Å². The molecule has 7 heteroatoms. The smallest absolute Gasteiger partial charge is 0.254 e. The molecule has 0 saturated carbocycles. The molecule has 2 aromatic rings. The van der Waals surface area contributed by atoms with Crippen molar-refractivity contribution in [2.45, 2.75) is 6.04 Å². The average molecular weight is 425 g/mol. The summed E-state index contributed by atoms with van der Waals surface area (Å²) in [5.41, 5.74) is 0.737. The molecule has 4 nitrogen and oxygen atoms in total. The van der Waals surface area contributed by atoms with Crippen LogP contribution in [0.1, 0.15) is 22.0 Å². The Morgan fingerprint density at radius 2 is 1.96 bits per heavy atom. The Labute approximate surface area is 159 Å². The van der Waals surface area contributed by atoms with Crippen molar-refractivity contribution in [2.75, 3.05) is 32.8 Å². The second-order valence-electron chi connectivity index (χ2n) is 6.05. The summed E-state index contributed by atoms with van der Waals surface area (Å²) >= 11 is 3.24. The van der Waals surface area contributed by atoms with Crippen LogP contribution in [0.15, 0.2) is 46.9 Å². The molecule has 2 aromatic carbocycles. The molecule has 0 spiro atoms. The number of amides is 1. The number of morpholine rings is 1. The molecule has 1 amide bonds. The highest BCUT2D eigenvalue weighted by atomic mass is 79.9.